The van der Waals surface area contributed by atoms with Gasteiger partial charge in [0.25, 0.3) is 0 Å². The normalized spacial score (nSPS) is 28.4. The standard InChI is InChI=1S/C12H32O5Si4/c1-10-12(13-11-2)21(9)16-19(5,6)14-18(3,4)15-20(7,8)17-21/h12H,10-11H2,1-9H3. The van der Waals surface area contributed by atoms with Gasteiger partial charge in [0, 0.05) is 6.61 Å². The second-order valence-electron chi connectivity index (χ2n) is 6.98. The van der Waals surface area contributed by atoms with Crippen LogP contribution in [-0.2, 0) is 21.2 Å². The van der Waals surface area contributed by atoms with Crippen LogP contribution in [0.4, 0.5) is 0 Å². The molecule has 0 aromatic rings. The highest BCUT2D eigenvalue weighted by molar-refractivity contribution is 6.93. The van der Waals surface area contributed by atoms with Crippen molar-refractivity contribution in [1.29, 1.82) is 0 Å². The van der Waals surface area contributed by atoms with Gasteiger partial charge in [0.15, 0.2) is 0 Å². The molecule has 1 rings (SSSR count). The molecule has 5 nitrogen and oxygen atoms in total. The average molecular weight is 369 g/mol. The topological polar surface area (TPSA) is 46.2 Å². The summed E-state index contributed by atoms with van der Waals surface area (Å²) in [7, 11) is -9.34. The van der Waals surface area contributed by atoms with E-state index in [0.717, 1.165) is 6.42 Å². The lowest BCUT2D eigenvalue weighted by Gasteiger charge is -2.49. The molecular formula is C12H32O5Si4. The second kappa shape index (κ2) is 6.65. The molecule has 0 aliphatic carbocycles. The molecule has 21 heavy (non-hydrogen) atoms. The third kappa shape index (κ3) is 5.66. The van der Waals surface area contributed by atoms with Crippen molar-refractivity contribution >= 4 is 34.2 Å². The number of ether oxygens (including phenoxy) is 1. The van der Waals surface area contributed by atoms with Crippen molar-refractivity contribution in [3.8, 4) is 0 Å². The van der Waals surface area contributed by atoms with Crippen LogP contribution in [0.1, 0.15) is 20.3 Å². The molecule has 1 aliphatic heterocycles. The molecular weight excluding hydrogens is 336 g/mol. The van der Waals surface area contributed by atoms with Gasteiger partial charge in [-0.1, -0.05) is 6.92 Å². The van der Waals surface area contributed by atoms with Gasteiger partial charge >= 0.3 is 34.2 Å². The van der Waals surface area contributed by atoms with Gasteiger partial charge in [0.05, 0.1) is 5.73 Å². The van der Waals surface area contributed by atoms with Gasteiger partial charge in [-0.3, -0.25) is 0 Å². The van der Waals surface area contributed by atoms with E-state index in [-0.39, 0.29) is 5.73 Å². The van der Waals surface area contributed by atoms with Gasteiger partial charge in [0.1, 0.15) is 0 Å². The van der Waals surface area contributed by atoms with Gasteiger partial charge in [0.2, 0.25) is 0 Å². The molecule has 1 unspecified atom stereocenters. The van der Waals surface area contributed by atoms with Gasteiger partial charge < -0.3 is 21.2 Å². The Morgan fingerprint density at radius 2 is 1.10 bits per heavy atom. The first-order valence-corrected chi connectivity index (χ1v) is 18.6. The molecule has 9 heteroatoms. The van der Waals surface area contributed by atoms with Crippen LogP contribution in [0.25, 0.3) is 0 Å². The maximum atomic E-state index is 6.54. The fraction of sp³-hybridized carbons (Fsp3) is 1.00. The summed E-state index contributed by atoms with van der Waals surface area (Å²) in [5.41, 5.74) is 0.0103. The zero-order chi connectivity index (χ0) is 16.5. The van der Waals surface area contributed by atoms with E-state index >= 15 is 0 Å². The summed E-state index contributed by atoms with van der Waals surface area (Å²) in [6, 6.07) is 0. The molecule has 0 aromatic carbocycles. The second-order valence-corrected chi connectivity index (χ2v) is 21.3. The Morgan fingerprint density at radius 3 is 1.43 bits per heavy atom. The first-order chi connectivity index (χ1) is 9.35. The number of rotatable bonds is 4. The van der Waals surface area contributed by atoms with E-state index < -0.39 is 34.2 Å². The van der Waals surface area contributed by atoms with Crippen LogP contribution in [-0.4, -0.2) is 46.6 Å². The van der Waals surface area contributed by atoms with Crippen molar-refractivity contribution in [2.45, 2.75) is 71.8 Å². The first-order valence-electron chi connectivity index (χ1n) is 7.77. The molecule has 1 heterocycles. The van der Waals surface area contributed by atoms with Crippen molar-refractivity contribution in [3.63, 3.8) is 0 Å². The fourth-order valence-corrected chi connectivity index (χ4v) is 24.9. The summed E-state index contributed by atoms with van der Waals surface area (Å²) in [6.07, 6.45) is 0.881. The minimum absolute atomic E-state index is 0.0103. The summed E-state index contributed by atoms with van der Waals surface area (Å²) in [5.74, 6) is 0. The minimum Gasteiger partial charge on any atom is -0.416 e. The molecule has 0 bridgehead atoms. The number of hydrogen-bond donors (Lipinski definition) is 0. The van der Waals surface area contributed by atoms with Crippen molar-refractivity contribution in [3.05, 3.63) is 0 Å². The van der Waals surface area contributed by atoms with Gasteiger partial charge in [-0.15, -0.1) is 0 Å². The number of hydrogen-bond acceptors (Lipinski definition) is 5. The van der Waals surface area contributed by atoms with E-state index in [1.54, 1.807) is 0 Å². The van der Waals surface area contributed by atoms with Gasteiger partial charge in [-0.2, -0.15) is 0 Å². The zero-order valence-electron chi connectivity index (χ0n) is 15.0. The van der Waals surface area contributed by atoms with E-state index in [1.807, 2.05) is 6.92 Å². The Balaban J connectivity index is 3.14. The highest BCUT2D eigenvalue weighted by atomic mass is 28.5. The van der Waals surface area contributed by atoms with Crippen LogP contribution < -0.4 is 0 Å². The van der Waals surface area contributed by atoms with E-state index in [0.29, 0.717) is 6.61 Å². The molecule has 0 saturated carbocycles. The quantitative estimate of drug-likeness (QED) is 0.710. The average Bonchev–Trinajstić information content (AvgIpc) is 2.17. The monoisotopic (exact) mass is 368 g/mol. The molecule has 1 aliphatic rings. The third-order valence-electron chi connectivity index (χ3n) is 3.20. The molecule has 0 radical (unpaired) electrons. The fourth-order valence-electron chi connectivity index (χ4n) is 3.22. The van der Waals surface area contributed by atoms with Crippen molar-refractivity contribution in [1.82, 2.24) is 0 Å². The predicted octanol–water partition coefficient (Wildman–Crippen LogP) is 3.60. The molecule has 0 N–H and O–H groups in total. The van der Waals surface area contributed by atoms with E-state index in [2.05, 4.69) is 52.8 Å². The lowest BCUT2D eigenvalue weighted by Crippen LogP contribution is -2.68. The van der Waals surface area contributed by atoms with E-state index in [9.17, 15) is 0 Å². The summed E-state index contributed by atoms with van der Waals surface area (Å²) < 4.78 is 31.7. The van der Waals surface area contributed by atoms with Crippen LogP contribution in [0, 0.1) is 0 Å². The smallest absolute Gasteiger partial charge is 0.347 e. The lowest BCUT2D eigenvalue weighted by molar-refractivity contribution is 0.0748. The van der Waals surface area contributed by atoms with Gasteiger partial charge in [-0.25, -0.2) is 0 Å². The molecule has 1 atom stereocenters. The highest BCUT2D eigenvalue weighted by Gasteiger charge is 2.55. The molecule has 0 spiro atoms. The van der Waals surface area contributed by atoms with Crippen LogP contribution in [0.3, 0.4) is 0 Å². The highest BCUT2D eigenvalue weighted by Crippen LogP contribution is 2.33. The Bertz CT molecular complexity index is 340. The Kier molecular flexibility index (Phi) is 6.24. The molecule has 0 amide bonds. The SMILES string of the molecule is CCOC(CC)[Si]1(C)O[Si](C)(C)O[Si](C)(C)O[Si](C)(C)O1. The van der Waals surface area contributed by atoms with Crippen LogP contribution in [0.15, 0.2) is 0 Å². The van der Waals surface area contributed by atoms with Gasteiger partial charge in [-0.05, 0) is 59.2 Å². The predicted molar refractivity (Wildman–Crippen MR) is 94.1 cm³/mol. The Hall–Kier alpha value is 0.668. The lowest BCUT2D eigenvalue weighted by atomic mass is 10.5. The molecule has 0 aromatic heterocycles. The Labute approximate surface area is 134 Å². The summed E-state index contributed by atoms with van der Waals surface area (Å²) in [6.45, 7) is 19.4. The maximum Gasteiger partial charge on any atom is 0.347 e. The molecule has 126 valence electrons. The maximum absolute atomic E-state index is 6.54. The van der Waals surface area contributed by atoms with E-state index in [1.165, 1.54) is 0 Å². The summed E-state index contributed by atoms with van der Waals surface area (Å²) in [4.78, 5) is 0. The first kappa shape index (κ1) is 19.7. The van der Waals surface area contributed by atoms with Crippen molar-refractivity contribution in [2.75, 3.05) is 6.61 Å². The molecule has 1 fully saturated rings. The largest absolute Gasteiger partial charge is 0.416 e. The van der Waals surface area contributed by atoms with Crippen molar-refractivity contribution < 1.29 is 21.2 Å². The Morgan fingerprint density at radius 1 is 0.714 bits per heavy atom. The zero-order valence-corrected chi connectivity index (χ0v) is 19.0. The van der Waals surface area contributed by atoms with Crippen molar-refractivity contribution in [2.24, 2.45) is 0 Å². The third-order valence-corrected chi connectivity index (χ3v) is 20.0. The molecule has 1 saturated heterocycles. The van der Waals surface area contributed by atoms with Crippen LogP contribution in [0.2, 0.25) is 45.8 Å². The van der Waals surface area contributed by atoms with Crippen LogP contribution in [0.5, 0.6) is 0 Å². The summed E-state index contributed by atoms with van der Waals surface area (Å²) >= 11 is 0. The van der Waals surface area contributed by atoms with Crippen LogP contribution >= 0.6 is 0 Å². The summed E-state index contributed by atoms with van der Waals surface area (Å²) in [5, 5.41) is 0. The minimum atomic E-state index is -2.53. The van der Waals surface area contributed by atoms with E-state index in [4.69, 9.17) is 21.2 Å².